The normalized spacial score (nSPS) is 11.8. The van der Waals surface area contributed by atoms with Crippen LogP contribution < -0.4 is 4.74 Å². The molecule has 0 spiro atoms. The fourth-order valence-electron chi connectivity index (χ4n) is 3.92. The molecule has 3 aromatic carbocycles. The third-order valence-corrected chi connectivity index (χ3v) is 7.99. The largest absolute Gasteiger partial charge is 0.487 e. The SMILES string of the molecule is Cc1cc(C)c(S(=O)(=O)OCc2sc3ccc(F)cc3c2OCc2c(F)cccc2F)c(C)c1. The van der Waals surface area contributed by atoms with Crippen molar-refractivity contribution in [3.05, 3.63) is 93.1 Å². The molecular weight excluding hydrogens is 485 g/mol. The van der Waals surface area contributed by atoms with Crippen LogP contribution in [0, 0.1) is 38.2 Å². The molecule has 0 radical (unpaired) electrons. The zero-order chi connectivity index (χ0) is 24.6. The Bertz CT molecular complexity index is 1450. The minimum absolute atomic E-state index is 0.0844. The molecule has 0 aliphatic heterocycles. The van der Waals surface area contributed by atoms with Crippen LogP contribution in [0.5, 0.6) is 5.75 Å². The number of hydrogen-bond donors (Lipinski definition) is 0. The van der Waals surface area contributed by atoms with Crippen LogP contribution in [0.25, 0.3) is 10.1 Å². The quantitative estimate of drug-likeness (QED) is 0.261. The zero-order valence-electron chi connectivity index (χ0n) is 18.6. The monoisotopic (exact) mass is 506 g/mol. The van der Waals surface area contributed by atoms with Crippen LogP contribution in [-0.4, -0.2) is 8.42 Å². The van der Waals surface area contributed by atoms with E-state index in [-0.39, 0.29) is 22.8 Å². The average Bonchev–Trinajstić information content (AvgIpc) is 3.08. The van der Waals surface area contributed by atoms with E-state index in [0.717, 1.165) is 29.0 Å². The van der Waals surface area contributed by atoms with E-state index in [0.29, 0.717) is 26.1 Å². The third kappa shape index (κ3) is 4.82. The molecule has 0 fully saturated rings. The summed E-state index contributed by atoms with van der Waals surface area (Å²) >= 11 is 1.15. The van der Waals surface area contributed by atoms with Gasteiger partial charge in [-0.3, -0.25) is 4.18 Å². The molecule has 0 N–H and O–H groups in total. The summed E-state index contributed by atoms with van der Waals surface area (Å²) in [4.78, 5) is 0.435. The van der Waals surface area contributed by atoms with E-state index < -0.39 is 34.2 Å². The summed E-state index contributed by atoms with van der Waals surface area (Å²) in [6, 6.07) is 11.0. The topological polar surface area (TPSA) is 52.6 Å². The van der Waals surface area contributed by atoms with Gasteiger partial charge in [-0.05, 0) is 62.2 Å². The number of hydrogen-bond acceptors (Lipinski definition) is 5. The highest BCUT2D eigenvalue weighted by Crippen LogP contribution is 2.40. The molecule has 34 heavy (non-hydrogen) atoms. The van der Waals surface area contributed by atoms with Crippen molar-refractivity contribution in [1.29, 1.82) is 0 Å². The highest BCUT2D eigenvalue weighted by molar-refractivity contribution is 7.86. The van der Waals surface area contributed by atoms with Gasteiger partial charge in [0.15, 0.2) is 0 Å². The Morgan fingerprint density at radius 2 is 1.53 bits per heavy atom. The predicted molar refractivity (Wildman–Crippen MR) is 125 cm³/mol. The number of ether oxygens (including phenoxy) is 1. The molecule has 4 rings (SSSR count). The molecule has 1 heterocycles. The van der Waals surface area contributed by atoms with Gasteiger partial charge in [0.05, 0.1) is 15.3 Å². The Kier molecular flexibility index (Phi) is 6.71. The number of fused-ring (bicyclic) bond motifs is 1. The van der Waals surface area contributed by atoms with Gasteiger partial charge in [0.2, 0.25) is 0 Å². The Labute approximate surface area is 199 Å². The second-order valence-corrected chi connectivity index (χ2v) is 10.6. The second-order valence-electron chi connectivity index (χ2n) is 7.93. The first-order valence-corrected chi connectivity index (χ1v) is 12.5. The summed E-state index contributed by atoms with van der Waals surface area (Å²) in [6.07, 6.45) is 0. The van der Waals surface area contributed by atoms with Crippen LogP contribution in [0.4, 0.5) is 13.2 Å². The van der Waals surface area contributed by atoms with Crippen LogP contribution >= 0.6 is 11.3 Å². The summed E-state index contributed by atoms with van der Waals surface area (Å²) in [6.45, 7) is 4.41. The van der Waals surface area contributed by atoms with Gasteiger partial charge in [-0.25, -0.2) is 13.2 Å². The molecule has 4 aromatic rings. The molecule has 178 valence electrons. The smallest absolute Gasteiger partial charge is 0.297 e. The molecule has 9 heteroatoms. The van der Waals surface area contributed by atoms with Crippen molar-refractivity contribution in [2.75, 3.05) is 0 Å². The van der Waals surface area contributed by atoms with E-state index in [1.54, 1.807) is 26.0 Å². The van der Waals surface area contributed by atoms with Gasteiger partial charge < -0.3 is 4.74 Å². The highest BCUT2D eigenvalue weighted by atomic mass is 32.2. The summed E-state index contributed by atoms with van der Waals surface area (Å²) in [5.74, 6) is -1.97. The Balaban J connectivity index is 1.68. The number of aryl methyl sites for hydroxylation is 3. The van der Waals surface area contributed by atoms with Crippen molar-refractivity contribution in [2.24, 2.45) is 0 Å². The lowest BCUT2D eigenvalue weighted by Crippen LogP contribution is -2.10. The molecule has 4 nitrogen and oxygen atoms in total. The van der Waals surface area contributed by atoms with E-state index in [2.05, 4.69) is 0 Å². The zero-order valence-corrected chi connectivity index (χ0v) is 20.2. The number of benzene rings is 3. The van der Waals surface area contributed by atoms with Gasteiger partial charge in [0.1, 0.15) is 36.4 Å². The average molecular weight is 507 g/mol. The number of halogens is 3. The number of rotatable bonds is 7. The molecule has 0 atom stereocenters. The molecular formula is C25H21F3O4S2. The van der Waals surface area contributed by atoms with Crippen LogP contribution in [0.15, 0.2) is 53.4 Å². The third-order valence-electron chi connectivity index (χ3n) is 5.30. The standard InChI is InChI=1S/C25H21F3O4S2/c1-14-9-15(2)25(16(3)10-14)34(29,30)32-13-23-24(18-11-17(26)7-8-22(18)33-23)31-12-19-20(27)5-4-6-21(19)28/h4-11H,12-13H2,1-3H3. The maximum atomic E-state index is 14.1. The van der Waals surface area contributed by atoms with Crippen LogP contribution in [0.3, 0.4) is 0 Å². The lowest BCUT2D eigenvalue weighted by atomic mass is 10.1. The van der Waals surface area contributed by atoms with Crippen molar-refractivity contribution >= 4 is 31.5 Å². The van der Waals surface area contributed by atoms with Crippen LogP contribution in [0.1, 0.15) is 27.1 Å². The van der Waals surface area contributed by atoms with Gasteiger partial charge in [-0.1, -0.05) is 23.8 Å². The van der Waals surface area contributed by atoms with E-state index in [9.17, 15) is 21.6 Å². The van der Waals surface area contributed by atoms with Gasteiger partial charge >= 0.3 is 0 Å². The molecule has 0 saturated carbocycles. The van der Waals surface area contributed by atoms with Crippen molar-refractivity contribution in [2.45, 2.75) is 38.9 Å². The lowest BCUT2D eigenvalue weighted by molar-refractivity contribution is 0.275. The minimum atomic E-state index is -4.12. The molecule has 0 bridgehead atoms. The van der Waals surface area contributed by atoms with Gasteiger partial charge in [-0.2, -0.15) is 8.42 Å². The van der Waals surface area contributed by atoms with Gasteiger partial charge in [0, 0.05) is 10.1 Å². The first kappa shape index (κ1) is 24.3. The van der Waals surface area contributed by atoms with Crippen molar-refractivity contribution in [3.8, 4) is 5.75 Å². The molecule has 0 aliphatic rings. The van der Waals surface area contributed by atoms with Gasteiger partial charge in [0.25, 0.3) is 10.1 Å². The predicted octanol–water partition coefficient (Wildman–Crippen LogP) is 6.73. The Morgan fingerprint density at radius 1 is 0.882 bits per heavy atom. The lowest BCUT2D eigenvalue weighted by Gasteiger charge is -2.13. The molecule has 0 amide bonds. The van der Waals surface area contributed by atoms with E-state index in [4.69, 9.17) is 8.92 Å². The van der Waals surface area contributed by atoms with Gasteiger partial charge in [-0.15, -0.1) is 11.3 Å². The van der Waals surface area contributed by atoms with Crippen LogP contribution in [0.2, 0.25) is 0 Å². The maximum absolute atomic E-state index is 14.1. The molecule has 0 unspecified atom stereocenters. The molecule has 0 aliphatic carbocycles. The summed E-state index contributed by atoms with van der Waals surface area (Å²) < 4.78 is 79.8. The fraction of sp³-hybridized carbons (Fsp3) is 0.200. The highest BCUT2D eigenvalue weighted by Gasteiger charge is 2.24. The minimum Gasteiger partial charge on any atom is -0.487 e. The van der Waals surface area contributed by atoms with E-state index in [1.807, 2.05) is 6.92 Å². The summed E-state index contributed by atoms with van der Waals surface area (Å²) in [5.41, 5.74) is 1.75. The van der Waals surface area contributed by atoms with E-state index >= 15 is 0 Å². The van der Waals surface area contributed by atoms with Crippen molar-refractivity contribution in [3.63, 3.8) is 0 Å². The number of thiophene rings is 1. The maximum Gasteiger partial charge on any atom is 0.297 e. The van der Waals surface area contributed by atoms with E-state index in [1.165, 1.54) is 24.3 Å². The summed E-state index contributed by atoms with van der Waals surface area (Å²) in [5, 5.41) is 0.362. The fourth-order valence-corrected chi connectivity index (χ4v) is 6.33. The van der Waals surface area contributed by atoms with Crippen molar-refractivity contribution < 1.29 is 30.5 Å². The Hall–Kier alpha value is -2.88. The molecule has 1 aromatic heterocycles. The first-order chi connectivity index (χ1) is 16.1. The van der Waals surface area contributed by atoms with Crippen LogP contribution in [-0.2, 0) is 27.5 Å². The molecule has 0 saturated heterocycles. The summed E-state index contributed by atoms with van der Waals surface area (Å²) in [7, 11) is -4.12. The van der Waals surface area contributed by atoms with Crippen molar-refractivity contribution in [1.82, 2.24) is 0 Å². The first-order valence-electron chi connectivity index (χ1n) is 10.3. The Morgan fingerprint density at radius 3 is 2.18 bits per heavy atom. The second kappa shape index (κ2) is 9.40.